The Bertz CT molecular complexity index is 3000. The average molecular weight is 695 g/mol. The maximum atomic E-state index is 5.13. The minimum atomic E-state index is -0.188. The third kappa shape index (κ3) is 4.41. The zero-order valence-corrected chi connectivity index (χ0v) is 30.3. The molecule has 53 heavy (non-hydrogen) atoms. The number of nitrogens with zero attached hydrogens (tertiary/aromatic N) is 2. The van der Waals surface area contributed by atoms with Gasteiger partial charge in [-0.3, -0.25) is 0 Å². The summed E-state index contributed by atoms with van der Waals surface area (Å²) in [6.07, 6.45) is 0. The highest BCUT2D eigenvalue weighted by atomic mass is 32.1. The lowest BCUT2D eigenvalue weighted by molar-refractivity contribution is 0.664. The van der Waals surface area contributed by atoms with Gasteiger partial charge in [0.15, 0.2) is 0 Å². The number of benzene rings is 7. The fraction of sp³-hybridized carbons (Fsp3) is 0.0600. The Labute approximate surface area is 312 Å². The second-order valence-electron chi connectivity index (χ2n) is 14.7. The van der Waals surface area contributed by atoms with E-state index in [2.05, 4.69) is 188 Å². The minimum absolute atomic E-state index is 0.188. The molecule has 0 amide bonds. The molecule has 3 aromatic heterocycles. The van der Waals surface area contributed by atoms with Crippen LogP contribution in [0.25, 0.3) is 92.4 Å². The van der Waals surface area contributed by atoms with E-state index in [1.54, 1.807) is 0 Å². The second-order valence-corrected chi connectivity index (χ2v) is 15.8. The van der Waals surface area contributed by atoms with Crippen LogP contribution in [-0.4, -0.2) is 9.55 Å². The van der Waals surface area contributed by atoms with Gasteiger partial charge in [0.05, 0.1) is 22.4 Å². The van der Waals surface area contributed by atoms with Gasteiger partial charge >= 0.3 is 0 Å². The third-order valence-electron chi connectivity index (χ3n) is 11.4. The van der Waals surface area contributed by atoms with Crippen molar-refractivity contribution in [1.82, 2.24) is 9.55 Å². The summed E-state index contributed by atoms with van der Waals surface area (Å²) in [7, 11) is 0. The number of pyridine rings is 1. The van der Waals surface area contributed by atoms with Crippen molar-refractivity contribution in [1.29, 1.82) is 0 Å². The normalized spacial score (nSPS) is 13.2. The van der Waals surface area contributed by atoms with E-state index < -0.39 is 0 Å². The predicted octanol–water partition coefficient (Wildman–Crippen LogP) is 13.9. The molecule has 0 N–H and O–H groups in total. The topological polar surface area (TPSA) is 17.8 Å². The first kappa shape index (κ1) is 30.3. The lowest BCUT2D eigenvalue weighted by Crippen LogP contribution is -2.16. The summed E-state index contributed by atoms with van der Waals surface area (Å²) in [6, 6.07) is 61.6. The molecular weight excluding hydrogens is 661 g/mol. The molecular formula is C50H34N2S. The molecule has 0 bridgehead atoms. The molecule has 1 aliphatic rings. The summed E-state index contributed by atoms with van der Waals surface area (Å²) in [4.78, 5) is 5.13. The fourth-order valence-electron chi connectivity index (χ4n) is 8.96. The Morgan fingerprint density at radius 1 is 0.528 bits per heavy atom. The molecule has 0 spiro atoms. The summed E-state index contributed by atoms with van der Waals surface area (Å²) in [5.41, 5.74) is 15.6. The average Bonchev–Trinajstić information content (AvgIpc) is 3.84. The maximum Gasteiger partial charge on any atom is 0.0715 e. The molecule has 10 aromatic rings. The summed E-state index contributed by atoms with van der Waals surface area (Å²) < 4.78 is 5.25. The first-order chi connectivity index (χ1) is 26.1. The van der Waals surface area contributed by atoms with E-state index in [0.29, 0.717) is 0 Å². The van der Waals surface area contributed by atoms with E-state index >= 15 is 0 Å². The highest BCUT2D eigenvalue weighted by Crippen LogP contribution is 2.58. The van der Waals surface area contributed by atoms with Gasteiger partial charge in [-0.15, -0.1) is 11.3 Å². The summed E-state index contributed by atoms with van der Waals surface area (Å²) in [5.74, 6) is 0. The number of para-hydroxylation sites is 1. The van der Waals surface area contributed by atoms with Crippen LogP contribution in [0.2, 0.25) is 0 Å². The van der Waals surface area contributed by atoms with Gasteiger partial charge in [0.1, 0.15) is 0 Å². The number of fused-ring (bicyclic) bond motifs is 12. The lowest BCUT2D eigenvalue weighted by Gasteiger charge is -2.24. The molecule has 250 valence electrons. The largest absolute Gasteiger partial charge is 0.309 e. The smallest absolute Gasteiger partial charge is 0.0715 e. The summed E-state index contributed by atoms with van der Waals surface area (Å²) in [6.45, 7) is 4.83. The van der Waals surface area contributed by atoms with Crippen LogP contribution in [0, 0.1) is 0 Å². The van der Waals surface area contributed by atoms with Gasteiger partial charge in [-0.2, -0.15) is 0 Å². The Balaban J connectivity index is 1.18. The Hall–Kier alpha value is -6.29. The van der Waals surface area contributed by atoms with Gasteiger partial charge < -0.3 is 4.57 Å². The maximum absolute atomic E-state index is 5.13. The van der Waals surface area contributed by atoms with Gasteiger partial charge in [-0.25, -0.2) is 4.98 Å². The van der Waals surface area contributed by atoms with Crippen molar-refractivity contribution >= 4 is 53.3 Å². The Morgan fingerprint density at radius 2 is 1.13 bits per heavy atom. The fourth-order valence-corrected chi connectivity index (χ4v) is 10.2. The molecule has 1 aliphatic carbocycles. The lowest BCUT2D eigenvalue weighted by atomic mass is 9.81. The molecule has 0 unspecified atom stereocenters. The molecule has 7 aromatic carbocycles. The van der Waals surface area contributed by atoms with Crippen LogP contribution in [0.15, 0.2) is 170 Å². The molecule has 0 saturated heterocycles. The van der Waals surface area contributed by atoms with Crippen LogP contribution in [0.3, 0.4) is 0 Å². The monoisotopic (exact) mass is 694 g/mol. The van der Waals surface area contributed by atoms with Gasteiger partial charge in [0, 0.05) is 53.2 Å². The molecule has 0 fully saturated rings. The highest BCUT2D eigenvalue weighted by molar-refractivity contribution is 7.27. The molecule has 11 rings (SSSR count). The first-order valence-electron chi connectivity index (χ1n) is 18.3. The van der Waals surface area contributed by atoms with Crippen LogP contribution in [0.5, 0.6) is 0 Å². The van der Waals surface area contributed by atoms with Gasteiger partial charge in [-0.05, 0) is 69.8 Å². The molecule has 3 heterocycles. The number of hydrogen-bond acceptors (Lipinski definition) is 2. The molecule has 2 nitrogen and oxygen atoms in total. The van der Waals surface area contributed by atoms with Crippen molar-refractivity contribution in [2.45, 2.75) is 19.3 Å². The molecule has 0 radical (unpaired) electrons. The van der Waals surface area contributed by atoms with E-state index in [-0.39, 0.29) is 5.41 Å². The molecule has 3 heteroatoms. The van der Waals surface area contributed by atoms with Gasteiger partial charge in [0.25, 0.3) is 0 Å². The molecule has 0 aliphatic heterocycles. The van der Waals surface area contributed by atoms with E-state index in [9.17, 15) is 0 Å². The number of rotatable bonds is 4. The number of hydrogen-bond donors (Lipinski definition) is 0. The van der Waals surface area contributed by atoms with Crippen LogP contribution in [0.1, 0.15) is 25.0 Å². The van der Waals surface area contributed by atoms with E-state index in [0.717, 1.165) is 39.3 Å². The molecule has 0 saturated carbocycles. The molecule has 0 atom stereocenters. The third-order valence-corrected chi connectivity index (χ3v) is 12.5. The SMILES string of the molecule is CC1(C)c2ccccc2-c2c1c1c(c3ccccc3n1-c1ccc(-c3cc(-c4ccccc4)nc(-c4ccccc4)c3)cc1)c1sc3ccccc3c21. The van der Waals surface area contributed by atoms with E-state index in [1.165, 1.54) is 64.2 Å². The summed E-state index contributed by atoms with van der Waals surface area (Å²) in [5, 5.41) is 5.40. The van der Waals surface area contributed by atoms with Gasteiger partial charge in [0.2, 0.25) is 0 Å². The first-order valence-corrected chi connectivity index (χ1v) is 19.1. The van der Waals surface area contributed by atoms with Gasteiger partial charge in [-0.1, -0.05) is 147 Å². The quantitative estimate of drug-likeness (QED) is 0.179. The van der Waals surface area contributed by atoms with Crippen molar-refractivity contribution in [3.8, 4) is 50.5 Å². The van der Waals surface area contributed by atoms with E-state index in [1.807, 2.05) is 11.3 Å². The summed E-state index contributed by atoms with van der Waals surface area (Å²) >= 11 is 1.93. The van der Waals surface area contributed by atoms with Crippen LogP contribution < -0.4 is 0 Å². The van der Waals surface area contributed by atoms with Crippen molar-refractivity contribution in [2.24, 2.45) is 0 Å². The standard InChI is InChI=1S/C50H34N2S/c1-50(2)39-22-12-9-19-36(39)44-45-38-21-11-14-24-43(38)53-49(45)46-37-20-10-13-23-42(37)52(48(46)47(44)50)35-27-25-31(26-28-35)34-29-40(32-15-5-3-6-16-32)51-41(30-34)33-17-7-4-8-18-33/h3-30H,1-2H3. The number of aromatic nitrogens is 2. The van der Waals surface area contributed by atoms with Crippen LogP contribution >= 0.6 is 11.3 Å². The zero-order chi connectivity index (χ0) is 35.3. The Kier molecular flexibility index (Phi) is 6.50. The van der Waals surface area contributed by atoms with Crippen molar-refractivity contribution in [3.63, 3.8) is 0 Å². The van der Waals surface area contributed by atoms with Crippen molar-refractivity contribution in [2.75, 3.05) is 0 Å². The van der Waals surface area contributed by atoms with E-state index in [4.69, 9.17) is 4.98 Å². The number of thiophene rings is 1. The highest BCUT2D eigenvalue weighted by Gasteiger charge is 2.41. The second kappa shape index (κ2) is 11.4. The Morgan fingerprint density at radius 3 is 1.85 bits per heavy atom. The van der Waals surface area contributed by atoms with Crippen LogP contribution in [0.4, 0.5) is 0 Å². The minimum Gasteiger partial charge on any atom is -0.309 e. The van der Waals surface area contributed by atoms with Crippen molar-refractivity contribution < 1.29 is 0 Å². The van der Waals surface area contributed by atoms with Crippen LogP contribution in [-0.2, 0) is 5.41 Å². The van der Waals surface area contributed by atoms with Crippen molar-refractivity contribution in [3.05, 3.63) is 181 Å². The zero-order valence-electron chi connectivity index (χ0n) is 29.5. The predicted molar refractivity (Wildman–Crippen MR) is 225 cm³/mol.